The van der Waals surface area contributed by atoms with E-state index in [1.54, 1.807) is 0 Å². The van der Waals surface area contributed by atoms with Gasteiger partial charge in [-0.1, -0.05) is 37.6 Å². The molecule has 0 aliphatic rings. The fourth-order valence-electron chi connectivity index (χ4n) is 1.90. The molecule has 1 atom stereocenters. The van der Waals surface area contributed by atoms with Crippen LogP contribution in [0, 0.1) is 0 Å². The summed E-state index contributed by atoms with van der Waals surface area (Å²) in [6.07, 6.45) is 0.345. The average molecular weight is 348 g/mol. The van der Waals surface area contributed by atoms with Crippen molar-refractivity contribution in [1.82, 2.24) is 5.32 Å². The first-order valence-corrected chi connectivity index (χ1v) is 7.29. The van der Waals surface area contributed by atoms with Gasteiger partial charge in [0.2, 0.25) is 11.8 Å². The monoisotopic (exact) mass is 347 g/mol. The Morgan fingerprint density at radius 3 is 2.45 bits per heavy atom. The van der Waals surface area contributed by atoms with E-state index < -0.39 is 11.9 Å². The number of amides is 2. The smallest absolute Gasteiger partial charge is 0.237 e. The Morgan fingerprint density at radius 2 is 1.95 bits per heavy atom. The molecule has 0 bridgehead atoms. The summed E-state index contributed by atoms with van der Waals surface area (Å²) in [5.74, 6) is -0.419. The third-order valence-corrected chi connectivity index (χ3v) is 3.52. The van der Waals surface area contributed by atoms with Gasteiger partial charge < -0.3 is 16.8 Å². The number of hydrogen-bond acceptors (Lipinski definition) is 3. The van der Waals surface area contributed by atoms with Gasteiger partial charge in [-0.15, -0.1) is 12.4 Å². The summed E-state index contributed by atoms with van der Waals surface area (Å²) in [6.45, 7) is 4.49. The highest BCUT2D eigenvalue weighted by molar-refractivity contribution is 6.31. The van der Waals surface area contributed by atoms with Crippen molar-refractivity contribution < 1.29 is 9.59 Å². The molecule has 22 heavy (non-hydrogen) atoms. The van der Waals surface area contributed by atoms with E-state index in [0.29, 0.717) is 17.5 Å². The largest absolute Gasteiger partial charge is 0.370 e. The van der Waals surface area contributed by atoms with Crippen molar-refractivity contribution in [3.63, 3.8) is 0 Å². The van der Waals surface area contributed by atoms with Gasteiger partial charge in [-0.3, -0.25) is 9.59 Å². The maximum absolute atomic E-state index is 11.8. The normalized spacial score (nSPS) is 11.7. The van der Waals surface area contributed by atoms with Gasteiger partial charge >= 0.3 is 0 Å². The summed E-state index contributed by atoms with van der Waals surface area (Å²) < 4.78 is 0. The first-order chi connectivity index (χ1) is 9.81. The topological polar surface area (TPSA) is 98.2 Å². The van der Waals surface area contributed by atoms with Gasteiger partial charge in [0.15, 0.2) is 0 Å². The third kappa shape index (κ3) is 6.64. The van der Waals surface area contributed by atoms with Crippen LogP contribution in [0.15, 0.2) is 18.2 Å². The predicted molar refractivity (Wildman–Crippen MR) is 91.0 cm³/mol. The first kappa shape index (κ1) is 20.7. The molecule has 5 N–H and O–H groups in total. The van der Waals surface area contributed by atoms with E-state index in [4.69, 9.17) is 23.1 Å². The van der Waals surface area contributed by atoms with Crippen molar-refractivity contribution in [2.75, 3.05) is 0 Å². The zero-order chi connectivity index (χ0) is 16.0. The maximum atomic E-state index is 11.8. The lowest BCUT2D eigenvalue weighted by atomic mass is 10.0. The number of carbonyl (C=O) groups excluding carboxylic acids is 2. The molecule has 124 valence electrons. The Labute approximate surface area is 142 Å². The zero-order valence-corrected chi connectivity index (χ0v) is 14.3. The zero-order valence-electron chi connectivity index (χ0n) is 12.8. The Morgan fingerprint density at radius 1 is 1.32 bits per heavy atom. The van der Waals surface area contributed by atoms with Gasteiger partial charge in [0, 0.05) is 18.0 Å². The van der Waals surface area contributed by atoms with Crippen LogP contribution in [0.5, 0.6) is 0 Å². The van der Waals surface area contributed by atoms with Crippen LogP contribution in [0.3, 0.4) is 0 Å². The van der Waals surface area contributed by atoms with E-state index in [1.807, 2.05) is 18.2 Å². The Kier molecular flexibility index (Phi) is 9.09. The summed E-state index contributed by atoms with van der Waals surface area (Å²) in [7, 11) is 0. The highest BCUT2D eigenvalue weighted by Gasteiger charge is 2.14. The highest BCUT2D eigenvalue weighted by atomic mass is 35.5. The van der Waals surface area contributed by atoms with Crippen LogP contribution in [0.4, 0.5) is 0 Å². The molecule has 1 aromatic carbocycles. The molecular formula is C15H23Cl2N3O2. The lowest BCUT2D eigenvalue weighted by Crippen LogP contribution is -2.40. The molecule has 1 rings (SSSR count). The van der Waals surface area contributed by atoms with Crippen molar-refractivity contribution >= 4 is 35.8 Å². The van der Waals surface area contributed by atoms with Crippen molar-refractivity contribution in [3.05, 3.63) is 34.3 Å². The SMILES string of the molecule is CC(C)c1ccc(CNC(=O)C(N)CCC(N)=O)cc1Cl.Cl. The first-order valence-electron chi connectivity index (χ1n) is 6.91. The van der Waals surface area contributed by atoms with E-state index in [1.165, 1.54) is 0 Å². The quantitative estimate of drug-likeness (QED) is 0.704. The van der Waals surface area contributed by atoms with Crippen LogP contribution in [-0.4, -0.2) is 17.9 Å². The average Bonchev–Trinajstić information content (AvgIpc) is 2.41. The molecule has 0 fully saturated rings. The van der Waals surface area contributed by atoms with E-state index in [-0.39, 0.29) is 31.2 Å². The van der Waals surface area contributed by atoms with E-state index in [9.17, 15) is 9.59 Å². The van der Waals surface area contributed by atoms with Gasteiger partial charge in [0.05, 0.1) is 6.04 Å². The van der Waals surface area contributed by atoms with Crippen LogP contribution in [0.1, 0.15) is 43.7 Å². The van der Waals surface area contributed by atoms with Crippen LogP contribution >= 0.6 is 24.0 Å². The number of hydrogen-bond donors (Lipinski definition) is 3. The molecule has 1 aromatic rings. The fourth-order valence-corrected chi connectivity index (χ4v) is 2.32. The standard InChI is InChI=1S/C15H22ClN3O2.ClH/c1-9(2)11-4-3-10(7-12(11)16)8-19-15(21)13(17)5-6-14(18)20;/h3-4,7,9,13H,5-6,8,17H2,1-2H3,(H2,18,20)(H,19,21);1H. The number of nitrogens with two attached hydrogens (primary N) is 2. The number of primary amides is 1. The summed E-state index contributed by atoms with van der Waals surface area (Å²) in [4.78, 5) is 22.4. The Balaban J connectivity index is 0.00000441. The minimum atomic E-state index is -0.733. The summed E-state index contributed by atoms with van der Waals surface area (Å²) in [6, 6.07) is 4.99. The van der Waals surface area contributed by atoms with E-state index in [0.717, 1.165) is 11.1 Å². The van der Waals surface area contributed by atoms with Gasteiger partial charge in [-0.05, 0) is 29.5 Å². The molecule has 0 saturated heterocycles. The molecule has 0 heterocycles. The molecule has 7 heteroatoms. The van der Waals surface area contributed by atoms with Gasteiger partial charge in [0.1, 0.15) is 0 Å². The van der Waals surface area contributed by atoms with E-state index in [2.05, 4.69) is 19.2 Å². The maximum Gasteiger partial charge on any atom is 0.237 e. The van der Waals surface area contributed by atoms with Crippen molar-refractivity contribution in [1.29, 1.82) is 0 Å². The molecule has 1 unspecified atom stereocenters. The van der Waals surface area contributed by atoms with E-state index >= 15 is 0 Å². The highest BCUT2D eigenvalue weighted by Crippen LogP contribution is 2.25. The summed E-state index contributed by atoms with van der Waals surface area (Å²) >= 11 is 6.20. The molecule has 0 aliphatic carbocycles. The number of nitrogens with one attached hydrogen (secondary N) is 1. The molecule has 0 radical (unpaired) electrons. The van der Waals surface area contributed by atoms with Gasteiger partial charge in [-0.2, -0.15) is 0 Å². The molecule has 5 nitrogen and oxygen atoms in total. The molecule has 2 amide bonds. The molecular weight excluding hydrogens is 325 g/mol. The van der Waals surface area contributed by atoms with Crippen molar-refractivity contribution in [2.45, 2.75) is 45.2 Å². The number of rotatable bonds is 7. The predicted octanol–water partition coefficient (Wildman–Crippen LogP) is 2.09. The van der Waals surface area contributed by atoms with Crippen LogP contribution in [-0.2, 0) is 16.1 Å². The lowest BCUT2D eigenvalue weighted by Gasteiger charge is -2.13. The molecule has 0 saturated carbocycles. The van der Waals surface area contributed by atoms with Crippen molar-refractivity contribution in [3.8, 4) is 0 Å². The van der Waals surface area contributed by atoms with Crippen LogP contribution in [0.25, 0.3) is 0 Å². The minimum absolute atomic E-state index is 0. The van der Waals surface area contributed by atoms with Gasteiger partial charge in [-0.25, -0.2) is 0 Å². The third-order valence-electron chi connectivity index (χ3n) is 3.19. The molecule has 0 spiro atoms. The molecule has 0 aliphatic heterocycles. The summed E-state index contributed by atoms with van der Waals surface area (Å²) in [5, 5.41) is 3.41. The Bertz CT molecular complexity index is 522. The number of benzene rings is 1. The van der Waals surface area contributed by atoms with Crippen LogP contribution < -0.4 is 16.8 Å². The summed E-state index contributed by atoms with van der Waals surface area (Å²) in [5.41, 5.74) is 12.7. The van der Waals surface area contributed by atoms with Gasteiger partial charge in [0.25, 0.3) is 0 Å². The van der Waals surface area contributed by atoms with Crippen LogP contribution in [0.2, 0.25) is 5.02 Å². The number of carbonyl (C=O) groups is 2. The second kappa shape index (κ2) is 9.66. The molecule has 0 aromatic heterocycles. The Hall–Kier alpha value is -1.30. The lowest BCUT2D eigenvalue weighted by molar-refractivity contribution is -0.123. The minimum Gasteiger partial charge on any atom is -0.370 e. The number of halogens is 2. The second-order valence-corrected chi connectivity index (χ2v) is 5.75. The second-order valence-electron chi connectivity index (χ2n) is 5.34. The van der Waals surface area contributed by atoms with Crippen molar-refractivity contribution in [2.24, 2.45) is 11.5 Å². The fraction of sp³-hybridized carbons (Fsp3) is 0.467.